The molecule has 0 aromatic heterocycles. The van der Waals surface area contributed by atoms with E-state index in [1.807, 2.05) is 30.3 Å². The van der Waals surface area contributed by atoms with Crippen LogP contribution in [0.3, 0.4) is 0 Å². The van der Waals surface area contributed by atoms with Crippen molar-refractivity contribution in [1.29, 1.82) is 0 Å². The van der Waals surface area contributed by atoms with Gasteiger partial charge in [-0.1, -0.05) is 30.3 Å². The summed E-state index contributed by atoms with van der Waals surface area (Å²) in [6, 6.07) is 9.34. The van der Waals surface area contributed by atoms with Crippen molar-refractivity contribution in [3.8, 4) is 0 Å². The topological polar surface area (TPSA) is 76.7 Å². The predicted molar refractivity (Wildman–Crippen MR) is 76.5 cm³/mol. The van der Waals surface area contributed by atoms with Crippen LogP contribution in [-0.4, -0.2) is 38.3 Å². The summed E-state index contributed by atoms with van der Waals surface area (Å²) in [5, 5.41) is 5.87. The second-order valence-corrected chi connectivity index (χ2v) is 5.02. The highest BCUT2D eigenvalue weighted by Gasteiger charge is 2.28. The minimum absolute atomic E-state index is 0.133. The van der Waals surface area contributed by atoms with Gasteiger partial charge in [-0.3, -0.25) is 4.79 Å². The first-order valence-electron chi connectivity index (χ1n) is 6.95. The van der Waals surface area contributed by atoms with E-state index in [-0.39, 0.29) is 24.5 Å². The monoisotopic (exact) mass is 292 g/mol. The zero-order valence-corrected chi connectivity index (χ0v) is 12.0. The Morgan fingerprint density at radius 1 is 1.29 bits per heavy atom. The fraction of sp³-hybridized carbons (Fsp3) is 0.467. The van der Waals surface area contributed by atoms with E-state index in [2.05, 4.69) is 10.6 Å². The smallest absolute Gasteiger partial charge is 0.407 e. The van der Waals surface area contributed by atoms with Crippen LogP contribution in [0.5, 0.6) is 0 Å². The van der Waals surface area contributed by atoms with Crippen LogP contribution in [0.25, 0.3) is 0 Å². The summed E-state index contributed by atoms with van der Waals surface area (Å²) in [4.78, 5) is 23.3. The van der Waals surface area contributed by atoms with Crippen molar-refractivity contribution in [1.82, 2.24) is 10.6 Å². The third-order valence-corrected chi connectivity index (χ3v) is 3.42. The van der Waals surface area contributed by atoms with Crippen LogP contribution >= 0.6 is 0 Å². The van der Waals surface area contributed by atoms with E-state index in [4.69, 9.17) is 9.47 Å². The molecule has 21 heavy (non-hydrogen) atoms. The third kappa shape index (κ3) is 4.75. The molecule has 0 saturated carbocycles. The van der Waals surface area contributed by atoms with E-state index >= 15 is 0 Å². The van der Waals surface area contributed by atoms with Gasteiger partial charge in [0.25, 0.3) is 0 Å². The van der Waals surface area contributed by atoms with Gasteiger partial charge < -0.3 is 20.1 Å². The van der Waals surface area contributed by atoms with Crippen LogP contribution in [0.1, 0.15) is 12.0 Å². The Bertz CT molecular complexity index is 478. The number of hydrogen-bond donors (Lipinski definition) is 2. The molecule has 0 radical (unpaired) electrons. The molecule has 0 bridgehead atoms. The fourth-order valence-electron chi connectivity index (χ4n) is 2.33. The Kier molecular flexibility index (Phi) is 5.57. The standard InChI is InChI=1S/C15H20N2O4/c1-20-14(18)12-7-13(9-16-8-12)17-15(19)21-10-11-5-3-2-4-6-11/h2-6,12-13,16H,7-10H2,1H3,(H,17,19)/t12-,13-/m0/s1. The van der Waals surface area contributed by atoms with Gasteiger partial charge in [-0.25, -0.2) is 4.79 Å². The lowest BCUT2D eigenvalue weighted by Gasteiger charge is -2.28. The Labute approximate surface area is 123 Å². The number of nitrogens with one attached hydrogen (secondary N) is 2. The fourth-order valence-corrected chi connectivity index (χ4v) is 2.33. The molecule has 1 aromatic rings. The summed E-state index contributed by atoms with van der Waals surface area (Å²) >= 11 is 0. The second kappa shape index (κ2) is 7.64. The van der Waals surface area contributed by atoms with Crippen molar-refractivity contribution in [3.05, 3.63) is 35.9 Å². The number of hydrogen-bond acceptors (Lipinski definition) is 5. The Morgan fingerprint density at radius 2 is 2.05 bits per heavy atom. The quantitative estimate of drug-likeness (QED) is 0.812. The van der Waals surface area contributed by atoms with Gasteiger partial charge in [-0.15, -0.1) is 0 Å². The molecule has 2 N–H and O–H groups in total. The normalized spacial score (nSPS) is 21.4. The maximum Gasteiger partial charge on any atom is 0.407 e. The number of rotatable bonds is 4. The minimum atomic E-state index is -0.476. The van der Waals surface area contributed by atoms with Gasteiger partial charge in [-0.05, 0) is 12.0 Å². The summed E-state index contributed by atoms with van der Waals surface area (Å²) in [5.74, 6) is -0.491. The first-order chi connectivity index (χ1) is 10.2. The van der Waals surface area contributed by atoms with Crippen LogP contribution in [0.2, 0.25) is 0 Å². The summed E-state index contributed by atoms with van der Waals surface area (Å²) < 4.78 is 9.88. The molecule has 0 unspecified atom stereocenters. The molecule has 2 atom stereocenters. The molecule has 114 valence electrons. The number of benzene rings is 1. The highest BCUT2D eigenvalue weighted by molar-refractivity contribution is 5.73. The number of esters is 1. The number of amides is 1. The predicted octanol–water partition coefficient (Wildman–Crippen LogP) is 1.06. The Morgan fingerprint density at radius 3 is 2.76 bits per heavy atom. The molecule has 1 saturated heterocycles. The van der Waals surface area contributed by atoms with Crippen molar-refractivity contribution < 1.29 is 19.1 Å². The van der Waals surface area contributed by atoms with Crippen molar-refractivity contribution in [2.24, 2.45) is 5.92 Å². The molecular formula is C15H20N2O4. The number of carbonyl (C=O) groups excluding carboxylic acids is 2. The molecule has 1 aliphatic heterocycles. The SMILES string of the molecule is COC(=O)[C@@H]1CNC[C@@H](NC(=O)OCc2ccccc2)C1. The molecular weight excluding hydrogens is 272 g/mol. The molecule has 1 aromatic carbocycles. The first kappa shape index (κ1) is 15.3. The Hall–Kier alpha value is -2.08. The summed E-state index contributed by atoms with van der Waals surface area (Å²) in [5.41, 5.74) is 0.932. The van der Waals surface area contributed by atoms with Crippen molar-refractivity contribution in [2.45, 2.75) is 19.1 Å². The number of piperidine rings is 1. The van der Waals surface area contributed by atoms with Crippen molar-refractivity contribution in [3.63, 3.8) is 0 Å². The second-order valence-electron chi connectivity index (χ2n) is 5.02. The van der Waals surface area contributed by atoms with E-state index in [9.17, 15) is 9.59 Å². The molecule has 6 heteroatoms. The summed E-state index contributed by atoms with van der Waals surface area (Å²) in [7, 11) is 1.37. The third-order valence-electron chi connectivity index (χ3n) is 3.42. The summed E-state index contributed by atoms with van der Waals surface area (Å²) in [6.07, 6.45) is 0.0799. The van der Waals surface area contributed by atoms with Gasteiger partial charge >= 0.3 is 12.1 Å². The molecule has 0 aliphatic carbocycles. The van der Waals surface area contributed by atoms with E-state index in [0.717, 1.165) is 5.56 Å². The largest absolute Gasteiger partial charge is 0.469 e. The molecule has 1 heterocycles. The van der Waals surface area contributed by atoms with Gasteiger partial charge in [0.1, 0.15) is 6.61 Å². The maximum absolute atomic E-state index is 11.8. The number of alkyl carbamates (subject to hydrolysis) is 1. The van der Waals surface area contributed by atoms with Gasteiger partial charge in [0.15, 0.2) is 0 Å². The van der Waals surface area contributed by atoms with Gasteiger partial charge in [-0.2, -0.15) is 0 Å². The van der Waals surface area contributed by atoms with Crippen LogP contribution in [0.4, 0.5) is 4.79 Å². The zero-order valence-electron chi connectivity index (χ0n) is 12.0. The maximum atomic E-state index is 11.8. The average molecular weight is 292 g/mol. The van der Waals surface area contributed by atoms with Gasteiger partial charge in [0.05, 0.1) is 13.0 Å². The average Bonchev–Trinajstić information content (AvgIpc) is 2.53. The first-order valence-corrected chi connectivity index (χ1v) is 6.95. The van der Waals surface area contributed by atoms with E-state index in [1.165, 1.54) is 7.11 Å². The lowest BCUT2D eigenvalue weighted by Crippen LogP contribution is -2.50. The zero-order chi connectivity index (χ0) is 15.1. The van der Waals surface area contributed by atoms with E-state index in [0.29, 0.717) is 19.5 Å². The van der Waals surface area contributed by atoms with E-state index < -0.39 is 6.09 Å². The van der Waals surface area contributed by atoms with Crippen molar-refractivity contribution >= 4 is 12.1 Å². The Balaban J connectivity index is 1.76. The molecule has 1 fully saturated rings. The highest BCUT2D eigenvalue weighted by Crippen LogP contribution is 2.12. The van der Waals surface area contributed by atoms with Crippen LogP contribution < -0.4 is 10.6 Å². The molecule has 1 aliphatic rings. The van der Waals surface area contributed by atoms with Crippen molar-refractivity contribution in [2.75, 3.05) is 20.2 Å². The van der Waals surface area contributed by atoms with Gasteiger partial charge in [0, 0.05) is 19.1 Å². The molecule has 6 nitrogen and oxygen atoms in total. The highest BCUT2D eigenvalue weighted by atomic mass is 16.5. The number of carbonyl (C=O) groups is 2. The van der Waals surface area contributed by atoms with Crippen LogP contribution in [-0.2, 0) is 20.9 Å². The minimum Gasteiger partial charge on any atom is -0.469 e. The molecule has 0 spiro atoms. The lowest BCUT2D eigenvalue weighted by molar-refractivity contribution is -0.146. The summed E-state index contributed by atoms with van der Waals surface area (Å²) in [6.45, 7) is 1.42. The van der Waals surface area contributed by atoms with Crippen LogP contribution in [0.15, 0.2) is 30.3 Å². The van der Waals surface area contributed by atoms with E-state index in [1.54, 1.807) is 0 Å². The number of methoxy groups -OCH3 is 1. The van der Waals surface area contributed by atoms with Crippen LogP contribution in [0, 0.1) is 5.92 Å². The molecule has 1 amide bonds. The van der Waals surface area contributed by atoms with Gasteiger partial charge in [0.2, 0.25) is 0 Å². The number of ether oxygens (including phenoxy) is 2. The molecule has 2 rings (SSSR count). The lowest BCUT2D eigenvalue weighted by atomic mass is 9.96.